The van der Waals surface area contributed by atoms with Gasteiger partial charge in [0, 0.05) is 22.2 Å². The average molecular weight is 383 g/mol. The van der Waals surface area contributed by atoms with Crippen LogP contribution in [-0.4, -0.2) is 30.1 Å². The van der Waals surface area contributed by atoms with Crippen LogP contribution in [0, 0.1) is 5.92 Å². The molecule has 3 atom stereocenters. The summed E-state index contributed by atoms with van der Waals surface area (Å²) in [7, 11) is -3.39. The van der Waals surface area contributed by atoms with Crippen LogP contribution >= 0.6 is 23.4 Å². The molecule has 2 aliphatic rings. The lowest BCUT2D eigenvalue weighted by atomic mass is 9.71. The highest BCUT2D eigenvalue weighted by Crippen LogP contribution is 2.50. The van der Waals surface area contributed by atoms with E-state index in [0.29, 0.717) is 9.92 Å². The van der Waals surface area contributed by atoms with Gasteiger partial charge in [-0.3, -0.25) is 5.10 Å². The molecule has 7 heteroatoms. The summed E-state index contributed by atoms with van der Waals surface area (Å²) in [6.07, 6.45) is 5.72. The standard InChI is InChI=1S/C17H19ClN2O2S2/c1-23-17-15-13-4-2-3-10(9-14(15)19-20-17)16(13)24(21,22)12-7-5-11(18)6-8-12/h5-8,10,13,16H,2-4,9H2,1H3,(H,19,20). The maximum atomic E-state index is 13.4. The molecular formula is C17H19ClN2O2S2. The van der Waals surface area contributed by atoms with Crippen LogP contribution in [0.3, 0.4) is 0 Å². The summed E-state index contributed by atoms with van der Waals surface area (Å²) in [4.78, 5) is 0.381. The molecule has 128 valence electrons. The lowest BCUT2D eigenvalue weighted by molar-refractivity contribution is 0.296. The number of hydrogen-bond donors (Lipinski definition) is 1. The minimum atomic E-state index is -3.39. The second-order valence-electron chi connectivity index (χ2n) is 6.59. The lowest BCUT2D eigenvalue weighted by Crippen LogP contribution is -2.43. The van der Waals surface area contributed by atoms with Gasteiger partial charge in [-0.2, -0.15) is 5.10 Å². The van der Waals surface area contributed by atoms with Gasteiger partial charge >= 0.3 is 0 Å². The summed E-state index contributed by atoms with van der Waals surface area (Å²) < 4.78 is 26.7. The zero-order valence-corrected chi connectivity index (χ0v) is 15.7. The van der Waals surface area contributed by atoms with Crippen LogP contribution < -0.4 is 0 Å². The number of benzene rings is 1. The number of halogens is 1. The Kier molecular flexibility index (Phi) is 4.17. The smallest absolute Gasteiger partial charge is 0.182 e. The first-order valence-corrected chi connectivity index (χ1v) is 11.3. The van der Waals surface area contributed by atoms with E-state index in [4.69, 9.17) is 11.6 Å². The third-order valence-electron chi connectivity index (χ3n) is 5.33. The van der Waals surface area contributed by atoms with E-state index in [-0.39, 0.29) is 17.1 Å². The van der Waals surface area contributed by atoms with Gasteiger partial charge in [0.15, 0.2) is 9.84 Å². The van der Waals surface area contributed by atoms with E-state index in [9.17, 15) is 8.42 Å². The quantitative estimate of drug-likeness (QED) is 0.813. The number of sulfone groups is 1. The molecule has 0 saturated heterocycles. The molecule has 0 spiro atoms. The first-order valence-electron chi connectivity index (χ1n) is 8.13. The van der Waals surface area contributed by atoms with Gasteiger partial charge in [0.2, 0.25) is 0 Å². The summed E-state index contributed by atoms with van der Waals surface area (Å²) in [5, 5.41) is 8.69. The molecule has 1 N–H and O–H groups in total. The monoisotopic (exact) mass is 382 g/mol. The Morgan fingerprint density at radius 3 is 2.71 bits per heavy atom. The van der Waals surface area contributed by atoms with Gasteiger partial charge in [-0.05, 0) is 55.7 Å². The van der Waals surface area contributed by atoms with Crippen LogP contribution in [0.25, 0.3) is 0 Å². The van der Waals surface area contributed by atoms with Crippen molar-refractivity contribution < 1.29 is 8.42 Å². The first-order chi connectivity index (χ1) is 11.5. The van der Waals surface area contributed by atoms with Crippen LogP contribution in [0.1, 0.15) is 36.4 Å². The van der Waals surface area contributed by atoms with Crippen molar-refractivity contribution in [3.05, 3.63) is 40.5 Å². The summed E-state index contributed by atoms with van der Waals surface area (Å²) >= 11 is 7.52. The number of rotatable bonds is 3. The van der Waals surface area contributed by atoms with Crippen LogP contribution in [0.5, 0.6) is 0 Å². The second kappa shape index (κ2) is 6.07. The molecule has 2 aliphatic carbocycles. The predicted molar refractivity (Wildman–Crippen MR) is 96.6 cm³/mol. The van der Waals surface area contributed by atoms with Crippen LogP contribution in [0.15, 0.2) is 34.2 Å². The predicted octanol–water partition coefficient (Wildman–Crippen LogP) is 4.07. The summed E-state index contributed by atoms with van der Waals surface area (Å²) in [5.41, 5.74) is 2.28. The van der Waals surface area contributed by atoms with Gasteiger partial charge in [0.1, 0.15) is 5.03 Å². The molecule has 4 nitrogen and oxygen atoms in total. The Bertz CT molecular complexity index is 861. The highest BCUT2D eigenvalue weighted by atomic mass is 35.5. The van der Waals surface area contributed by atoms with Crippen molar-refractivity contribution in [2.45, 2.75) is 46.8 Å². The molecule has 1 saturated carbocycles. The molecule has 1 aromatic heterocycles. The van der Waals surface area contributed by atoms with Crippen molar-refractivity contribution in [1.82, 2.24) is 10.2 Å². The van der Waals surface area contributed by atoms with E-state index in [2.05, 4.69) is 10.2 Å². The maximum Gasteiger partial charge on any atom is 0.182 e. The van der Waals surface area contributed by atoms with E-state index < -0.39 is 9.84 Å². The maximum absolute atomic E-state index is 13.4. The zero-order chi connectivity index (χ0) is 16.9. The van der Waals surface area contributed by atoms with E-state index in [1.165, 1.54) is 0 Å². The van der Waals surface area contributed by atoms with Gasteiger partial charge < -0.3 is 0 Å². The first kappa shape index (κ1) is 16.5. The number of fused-ring (bicyclic) bond motifs is 4. The Balaban J connectivity index is 1.81. The minimum absolute atomic E-state index is 0.0365. The molecule has 1 aromatic carbocycles. The molecule has 1 heterocycles. The lowest BCUT2D eigenvalue weighted by Gasteiger charge is -2.41. The molecule has 2 aromatic rings. The number of aromatic nitrogens is 2. The Morgan fingerprint density at radius 1 is 1.25 bits per heavy atom. The topological polar surface area (TPSA) is 62.8 Å². The SMILES string of the molecule is CSc1n[nH]c2c1C1CCCC(C2)C1S(=O)(=O)c1ccc(Cl)cc1. The fraction of sp³-hybridized carbons (Fsp3) is 0.471. The van der Waals surface area contributed by atoms with Crippen molar-refractivity contribution in [3.8, 4) is 0 Å². The third-order valence-corrected chi connectivity index (χ3v) is 8.64. The van der Waals surface area contributed by atoms with Gasteiger partial charge in [-0.25, -0.2) is 8.42 Å². The molecule has 1 fully saturated rings. The van der Waals surface area contributed by atoms with Crippen molar-refractivity contribution in [3.63, 3.8) is 0 Å². The number of H-pyrrole nitrogens is 1. The number of nitrogens with zero attached hydrogens (tertiary/aromatic N) is 1. The van der Waals surface area contributed by atoms with Crippen molar-refractivity contribution in [2.75, 3.05) is 6.26 Å². The molecule has 0 radical (unpaired) electrons. The molecule has 3 unspecified atom stereocenters. The summed E-state index contributed by atoms with van der Waals surface area (Å²) in [5.74, 6) is 0.196. The molecule has 0 amide bonds. The fourth-order valence-electron chi connectivity index (χ4n) is 4.36. The van der Waals surface area contributed by atoms with Crippen LogP contribution in [0.2, 0.25) is 5.02 Å². The van der Waals surface area contributed by atoms with Gasteiger partial charge in [-0.15, -0.1) is 11.8 Å². The Hall–Kier alpha value is -0.980. The van der Waals surface area contributed by atoms with Gasteiger partial charge in [0.05, 0.1) is 10.1 Å². The van der Waals surface area contributed by atoms with E-state index in [0.717, 1.165) is 42.0 Å². The number of nitrogens with one attached hydrogen (secondary N) is 1. The molecule has 4 rings (SSSR count). The van der Waals surface area contributed by atoms with Crippen LogP contribution in [0.4, 0.5) is 0 Å². The van der Waals surface area contributed by atoms with E-state index in [1.54, 1.807) is 36.0 Å². The summed E-state index contributed by atoms with van der Waals surface area (Å²) in [6, 6.07) is 6.58. The van der Waals surface area contributed by atoms with Crippen molar-refractivity contribution >= 4 is 33.2 Å². The van der Waals surface area contributed by atoms with Crippen molar-refractivity contribution in [2.24, 2.45) is 5.92 Å². The van der Waals surface area contributed by atoms with Gasteiger partial charge in [0.25, 0.3) is 0 Å². The highest BCUT2D eigenvalue weighted by Gasteiger charge is 2.48. The Morgan fingerprint density at radius 2 is 2.00 bits per heavy atom. The fourth-order valence-corrected chi connectivity index (χ4v) is 7.39. The Labute approximate surface area is 151 Å². The minimum Gasteiger partial charge on any atom is -0.281 e. The third kappa shape index (κ3) is 2.50. The normalized spacial score (nSPS) is 26.2. The zero-order valence-electron chi connectivity index (χ0n) is 13.3. The van der Waals surface area contributed by atoms with Crippen LogP contribution in [-0.2, 0) is 16.3 Å². The number of hydrogen-bond acceptors (Lipinski definition) is 4. The van der Waals surface area contributed by atoms with E-state index in [1.807, 2.05) is 6.26 Å². The highest BCUT2D eigenvalue weighted by molar-refractivity contribution is 7.98. The van der Waals surface area contributed by atoms with Crippen molar-refractivity contribution in [1.29, 1.82) is 0 Å². The molecule has 24 heavy (non-hydrogen) atoms. The summed E-state index contributed by atoms with van der Waals surface area (Å²) in [6.45, 7) is 0. The largest absolute Gasteiger partial charge is 0.281 e. The molecule has 0 aliphatic heterocycles. The van der Waals surface area contributed by atoms with E-state index >= 15 is 0 Å². The number of thioether (sulfide) groups is 1. The second-order valence-corrected chi connectivity index (χ2v) is 9.93. The number of aromatic amines is 1. The van der Waals surface area contributed by atoms with Gasteiger partial charge in [-0.1, -0.05) is 18.0 Å². The molecular weight excluding hydrogens is 364 g/mol. The molecule has 2 bridgehead atoms. The average Bonchev–Trinajstić information content (AvgIpc) is 2.97.